The molecule has 1 aromatic heterocycles. The minimum absolute atomic E-state index is 0.0229. The number of methoxy groups -OCH3 is 1. The van der Waals surface area contributed by atoms with E-state index in [-0.39, 0.29) is 12.3 Å². The summed E-state index contributed by atoms with van der Waals surface area (Å²) in [4.78, 5) is 18.2. The van der Waals surface area contributed by atoms with Crippen molar-refractivity contribution in [2.45, 2.75) is 77.2 Å². The standard InChI is InChI=1S/C28H42N2O4/c1-3-4-5-6-7-16-30-17-14-22(25(20-30)27(31)19-28(32)33)10-8-9-21-13-15-29-26-12-11-23(34-2)18-24(21)26/h11-13,15,18,22,25,27,31H,3-10,14,16-17,19-20H2,1-2H3,(H,32,33)/t22-,25+,27?/m1/s1. The van der Waals surface area contributed by atoms with Crippen molar-refractivity contribution < 1.29 is 19.7 Å². The molecule has 0 bridgehead atoms. The number of carbonyl (C=O) groups is 1. The smallest absolute Gasteiger partial charge is 0.305 e. The number of fused-ring (bicyclic) bond motifs is 1. The Hall–Kier alpha value is -2.18. The summed E-state index contributed by atoms with van der Waals surface area (Å²) in [5, 5.41) is 21.2. The zero-order valence-electron chi connectivity index (χ0n) is 20.9. The summed E-state index contributed by atoms with van der Waals surface area (Å²) in [6.07, 6.45) is 11.2. The fourth-order valence-corrected chi connectivity index (χ4v) is 5.45. The van der Waals surface area contributed by atoms with Gasteiger partial charge in [-0.3, -0.25) is 9.78 Å². The van der Waals surface area contributed by atoms with E-state index in [0.29, 0.717) is 5.92 Å². The second kappa shape index (κ2) is 13.6. The number of aliphatic carboxylic acids is 1. The van der Waals surface area contributed by atoms with Crippen molar-refractivity contribution in [3.63, 3.8) is 0 Å². The van der Waals surface area contributed by atoms with Gasteiger partial charge in [0.05, 0.1) is 25.2 Å². The van der Waals surface area contributed by atoms with Crippen LogP contribution in [-0.4, -0.2) is 58.9 Å². The number of ether oxygens (including phenoxy) is 1. The molecule has 2 heterocycles. The molecule has 6 heteroatoms. The van der Waals surface area contributed by atoms with Gasteiger partial charge in [-0.2, -0.15) is 0 Å². The number of hydrogen-bond acceptors (Lipinski definition) is 5. The molecule has 2 N–H and O–H groups in total. The van der Waals surface area contributed by atoms with E-state index in [1.165, 1.54) is 37.7 Å². The monoisotopic (exact) mass is 470 g/mol. The quantitative estimate of drug-likeness (QED) is 0.364. The molecule has 3 atom stereocenters. The third-order valence-electron chi connectivity index (χ3n) is 7.41. The molecular weight excluding hydrogens is 428 g/mol. The Kier molecular flexibility index (Phi) is 10.6. The van der Waals surface area contributed by atoms with E-state index in [9.17, 15) is 15.0 Å². The highest BCUT2D eigenvalue weighted by atomic mass is 16.5. The van der Waals surface area contributed by atoms with Gasteiger partial charge in [0.25, 0.3) is 0 Å². The number of aliphatic hydroxyl groups is 1. The van der Waals surface area contributed by atoms with Crippen molar-refractivity contribution in [1.29, 1.82) is 0 Å². The van der Waals surface area contributed by atoms with Gasteiger partial charge in [-0.1, -0.05) is 32.6 Å². The van der Waals surface area contributed by atoms with Crippen LogP contribution in [0.5, 0.6) is 5.75 Å². The molecule has 188 valence electrons. The van der Waals surface area contributed by atoms with Crippen molar-refractivity contribution in [3.8, 4) is 5.75 Å². The molecule has 1 unspecified atom stereocenters. The highest BCUT2D eigenvalue weighted by molar-refractivity contribution is 5.83. The number of aliphatic hydroxyl groups excluding tert-OH is 1. The van der Waals surface area contributed by atoms with Crippen LogP contribution in [-0.2, 0) is 11.2 Å². The molecule has 1 aromatic carbocycles. The number of pyridine rings is 1. The lowest BCUT2D eigenvalue weighted by atomic mass is 9.77. The molecule has 1 aliphatic heterocycles. The molecular formula is C28H42N2O4. The highest BCUT2D eigenvalue weighted by Gasteiger charge is 2.34. The second-order valence-corrected chi connectivity index (χ2v) is 9.84. The van der Waals surface area contributed by atoms with Gasteiger partial charge in [-0.15, -0.1) is 0 Å². The summed E-state index contributed by atoms with van der Waals surface area (Å²) in [5.41, 5.74) is 2.23. The van der Waals surface area contributed by atoms with Gasteiger partial charge in [-0.05, 0) is 80.9 Å². The Labute approximate surface area is 204 Å². The van der Waals surface area contributed by atoms with Crippen molar-refractivity contribution >= 4 is 16.9 Å². The summed E-state index contributed by atoms with van der Waals surface area (Å²) in [6.45, 7) is 5.14. The van der Waals surface area contributed by atoms with Crippen LogP contribution >= 0.6 is 0 Å². The number of nitrogens with zero attached hydrogens (tertiary/aromatic N) is 2. The van der Waals surface area contributed by atoms with E-state index in [1.54, 1.807) is 7.11 Å². The minimum atomic E-state index is -0.917. The molecule has 0 spiro atoms. The average Bonchev–Trinajstić information content (AvgIpc) is 2.84. The minimum Gasteiger partial charge on any atom is -0.497 e. The maximum absolute atomic E-state index is 11.3. The van der Waals surface area contributed by atoms with Crippen LogP contribution < -0.4 is 4.74 Å². The Balaban J connectivity index is 1.58. The topological polar surface area (TPSA) is 82.9 Å². The van der Waals surface area contributed by atoms with Crippen LogP contribution in [0, 0.1) is 11.8 Å². The molecule has 0 amide bonds. The molecule has 34 heavy (non-hydrogen) atoms. The van der Waals surface area contributed by atoms with Crippen LogP contribution in [0.25, 0.3) is 10.9 Å². The zero-order chi connectivity index (χ0) is 24.3. The number of aromatic nitrogens is 1. The third kappa shape index (κ3) is 7.67. The molecule has 0 aliphatic carbocycles. The normalized spacial score (nSPS) is 19.9. The summed E-state index contributed by atoms with van der Waals surface area (Å²) in [5.74, 6) is 0.295. The van der Waals surface area contributed by atoms with E-state index in [2.05, 4.69) is 28.9 Å². The Morgan fingerprint density at radius 1 is 1.21 bits per heavy atom. The number of carboxylic acids is 1. The number of benzene rings is 1. The Morgan fingerprint density at radius 2 is 2.03 bits per heavy atom. The SMILES string of the molecule is CCCCCCCN1CC[C@@H](CCCc2ccnc3ccc(OC)cc23)[C@@H](C(O)CC(=O)O)C1. The molecule has 6 nitrogen and oxygen atoms in total. The lowest BCUT2D eigenvalue weighted by molar-refractivity contribution is -0.140. The first kappa shape index (κ1) is 26.4. The lowest BCUT2D eigenvalue weighted by Gasteiger charge is -2.41. The largest absolute Gasteiger partial charge is 0.497 e. The number of aryl methyl sites for hydroxylation is 1. The second-order valence-electron chi connectivity index (χ2n) is 9.84. The number of unbranched alkanes of at least 4 members (excludes halogenated alkanes) is 4. The first-order valence-corrected chi connectivity index (χ1v) is 13.1. The fraction of sp³-hybridized carbons (Fsp3) is 0.643. The molecule has 0 radical (unpaired) electrons. The number of hydrogen-bond donors (Lipinski definition) is 2. The van der Waals surface area contributed by atoms with Gasteiger partial charge in [-0.25, -0.2) is 0 Å². The maximum Gasteiger partial charge on any atom is 0.305 e. The third-order valence-corrected chi connectivity index (χ3v) is 7.41. The van der Waals surface area contributed by atoms with E-state index in [1.807, 2.05) is 18.3 Å². The molecule has 0 saturated carbocycles. The number of likely N-dealkylation sites (tertiary alicyclic amines) is 1. The van der Waals surface area contributed by atoms with Crippen molar-refractivity contribution in [2.75, 3.05) is 26.7 Å². The molecule has 1 aliphatic rings. The molecule has 2 aromatic rings. The lowest BCUT2D eigenvalue weighted by Crippen LogP contribution is -2.46. The van der Waals surface area contributed by atoms with Gasteiger partial charge in [0.1, 0.15) is 5.75 Å². The van der Waals surface area contributed by atoms with Gasteiger partial charge in [0.2, 0.25) is 0 Å². The predicted molar refractivity (Wildman–Crippen MR) is 136 cm³/mol. The van der Waals surface area contributed by atoms with Crippen LogP contribution in [0.3, 0.4) is 0 Å². The van der Waals surface area contributed by atoms with E-state index >= 15 is 0 Å². The molecule has 1 fully saturated rings. The first-order valence-electron chi connectivity index (χ1n) is 13.1. The number of rotatable bonds is 14. The summed E-state index contributed by atoms with van der Waals surface area (Å²) >= 11 is 0. The zero-order valence-corrected chi connectivity index (χ0v) is 20.9. The summed E-state index contributed by atoms with van der Waals surface area (Å²) < 4.78 is 5.40. The number of carboxylic acid groups (broad SMARTS) is 1. The van der Waals surface area contributed by atoms with Crippen LogP contribution in [0.15, 0.2) is 30.5 Å². The van der Waals surface area contributed by atoms with Gasteiger partial charge in [0.15, 0.2) is 0 Å². The number of piperidine rings is 1. The highest BCUT2D eigenvalue weighted by Crippen LogP contribution is 2.33. The Morgan fingerprint density at radius 3 is 2.79 bits per heavy atom. The molecule has 3 rings (SSSR count). The van der Waals surface area contributed by atoms with Gasteiger partial charge < -0.3 is 19.8 Å². The maximum atomic E-state index is 11.3. The van der Waals surface area contributed by atoms with Crippen LogP contribution in [0.2, 0.25) is 0 Å². The molecule has 1 saturated heterocycles. The van der Waals surface area contributed by atoms with Crippen molar-refractivity contribution in [2.24, 2.45) is 11.8 Å². The van der Waals surface area contributed by atoms with Crippen LogP contribution in [0.1, 0.15) is 70.3 Å². The first-order chi connectivity index (χ1) is 16.5. The summed E-state index contributed by atoms with van der Waals surface area (Å²) in [7, 11) is 1.68. The van der Waals surface area contributed by atoms with Gasteiger partial charge >= 0.3 is 5.97 Å². The van der Waals surface area contributed by atoms with Crippen molar-refractivity contribution in [1.82, 2.24) is 9.88 Å². The van der Waals surface area contributed by atoms with Crippen molar-refractivity contribution in [3.05, 3.63) is 36.0 Å². The van der Waals surface area contributed by atoms with E-state index in [4.69, 9.17) is 4.74 Å². The van der Waals surface area contributed by atoms with E-state index < -0.39 is 12.1 Å². The Bertz CT molecular complexity index is 903. The fourth-order valence-electron chi connectivity index (χ4n) is 5.45. The van der Waals surface area contributed by atoms with E-state index in [0.717, 1.165) is 62.0 Å². The summed E-state index contributed by atoms with van der Waals surface area (Å²) in [6, 6.07) is 8.06. The predicted octanol–water partition coefficient (Wildman–Crippen LogP) is 5.31. The average molecular weight is 471 g/mol. The van der Waals surface area contributed by atoms with Gasteiger partial charge in [0, 0.05) is 24.0 Å². The van der Waals surface area contributed by atoms with Crippen LogP contribution in [0.4, 0.5) is 0 Å².